The lowest BCUT2D eigenvalue weighted by Gasteiger charge is -2.38. The zero-order chi connectivity index (χ0) is 25.0. The predicted octanol–water partition coefficient (Wildman–Crippen LogP) is 2.05. The molecule has 9 nitrogen and oxygen atoms in total. The summed E-state index contributed by atoms with van der Waals surface area (Å²) < 4.78 is 0. The number of aromatic amines is 1. The van der Waals surface area contributed by atoms with Gasteiger partial charge in [-0.25, -0.2) is 0 Å². The molecule has 0 aliphatic carbocycles. The number of carbonyl (C=O) groups excluding carboxylic acids is 4. The molecule has 1 atom stereocenters. The van der Waals surface area contributed by atoms with Gasteiger partial charge in [0.25, 0.3) is 11.8 Å². The average Bonchev–Trinajstić information content (AvgIpc) is 3.43. The van der Waals surface area contributed by atoms with E-state index in [1.165, 1.54) is 10.9 Å². The third-order valence-electron chi connectivity index (χ3n) is 7.68. The minimum atomic E-state index is -1.11. The number of benzene rings is 2. The van der Waals surface area contributed by atoms with E-state index in [0.29, 0.717) is 31.5 Å². The van der Waals surface area contributed by atoms with Gasteiger partial charge in [-0.2, -0.15) is 0 Å². The van der Waals surface area contributed by atoms with Gasteiger partial charge in [0.1, 0.15) is 6.04 Å². The minimum absolute atomic E-state index is 0.0738. The Balaban J connectivity index is 1.17. The van der Waals surface area contributed by atoms with Crippen LogP contribution in [0.25, 0.3) is 10.9 Å². The van der Waals surface area contributed by atoms with Gasteiger partial charge in [0.05, 0.1) is 16.7 Å². The molecule has 184 valence electrons. The van der Waals surface area contributed by atoms with E-state index >= 15 is 0 Å². The second kappa shape index (κ2) is 8.39. The first-order valence-electron chi connectivity index (χ1n) is 12.2. The molecule has 3 aliphatic heterocycles. The molecule has 3 aromatic rings. The van der Waals surface area contributed by atoms with Gasteiger partial charge in [-0.3, -0.25) is 34.3 Å². The monoisotopic (exact) mass is 486 g/mol. The summed E-state index contributed by atoms with van der Waals surface area (Å²) >= 11 is 0. The van der Waals surface area contributed by atoms with Gasteiger partial charge in [0.15, 0.2) is 0 Å². The highest BCUT2D eigenvalue weighted by Gasteiger charge is 2.45. The van der Waals surface area contributed by atoms with Gasteiger partial charge in [-0.05, 0) is 66.1 Å². The highest BCUT2D eigenvalue weighted by molar-refractivity contribution is 6.23. The van der Waals surface area contributed by atoms with Crippen LogP contribution in [0.5, 0.6) is 0 Å². The molecule has 2 fully saturated rings. The number of amides is 4. The number of imide groups is 2. The Labute approximate surface area is 207 Å². The molecule has 36 heavy (non-hydrogen) atoms. The lowest BCUT2D eigenvalue weighted by molar-refractivity contribution is -0.136. The number of fused-ring (bicyclic) bond motifs is 2. The number of hydrogen-bond acceptors (Lipinski definition) is 6. The Kier molecular flexibility index (Phi) is 5.27. The zero-order valence-corrected chi connectivity index (χ0v) is 19.6. The van der Waals surface area contributed by atoms with Crippen molar-refractivity contribution in [3.05, 3.63) is 70.9 Å². The molecule has 2 saturated heterocycles. The molecule has 9 heteroatoms. The number of carbonyl (C=O) groups is 4. The van der Waals surface area contributed by atoms with Crippen LogP contribution in [0.3, 0.4) is 0 Å². The quantitative estimate of drug-likeness (QED) is 0.485. The van der Waals surface area contributed by atoms with Crippen LogP contribution in [0.15, 0.2) is 48.7 Å². The maximum atomic E-state index is 13.1. The zero-order valence-electron chi connectivity index (χ0n) is 19.6. The highest BCUT2D eigenvalue weighted by atomic mass is 16.3. The predicted molar refractivity (Wildman–Crippen MR) is 130 cm³/mol. The average molecular weight is 487 g/mol. The van der Waals surface area contributed by atoms with Crippen LogP contribution in [-0.4, -0.2) is 62.7 Å². The molecule has 4 heterocycles. The van der Waals surface area contributed by atoms with Crippen molar-refractivity contribution in [2.75, 3.05) is 13.1 Å². The van der Waals surface area contributed by atoms with Crippen molar-refractivity contribution in [2.45, 2.75) is 43.9 Å². The number of nitrogens with one attached hydrogen (secondary N) is 2. The fraction of sp³-hybridized carbons (Fsp3) is 0.333. The highest BCUT2D eigenvalue weighted by Crippen LogP contribution is 2.37. The van der Waals surface area contributed by atoms with Gasteiger partial charge in [-0.15, -0.1) is 0 Å². The van der Waals surface area contributed by atoms with E-state index < -0.39 is 35.3 Å². The molecule has 4 amide bonds. The topological polar surface area (TPSA) is 123 Å². The molecule has 1 aromatic heterocycles. The van der Waals surface area contributed by atoms with Crippen LogP contribution in [0, 0.1) is 0 Å². The number of likely N-dealkylation sites (tertiary alicyclic amines) is 1. The first kappa shape index (κ1) is 22.6. The summed E-state index contributed by atoms with van der Waals surface area (Å²) in [5.74, 6) is -2.15. The van der Waals surface area contributed by atoms with E-state index in [0.717, 1.165) is 17.0 Å². The summed E-state index contributed by atoms with van der Waals surface area (Å²) in [6.45, 7) is 2.16. The summed E-state index contributed by atoms with van der Waals surface area (Å²) in [6, 6.07) is 12.3. The van der Waals surface area contributed by atoms with E-state index in [9.17, 15) is 24.3 Å². The number of piperidine rings is 2. The number of nitrogens with zero attached hydrogens (tertiary/aromatic N) is 2. The van der Waals surface area contributed by atoms with E-state index in [2.05, 4.69) is 39.5 Å². The first-order chi connectivity index (χ1) is 17.3. The van der Waals surface area contributed by atoms with E-state index in [-0.39, 0.29) is 24.0 Å². The van der Waals surface area contributed by atoms with Gasteiger partial charge < -0.3 is 10.1 Å². The van der Waals surface area contributed by atoms with Gasteiger partial charge >= 0.3 is 0 Å². The van der Waals surface area contributed by atoms with Crippen molar-refractivity contribution in [3.63, 3.8) is 0 Å². The Morgan fingerprint density at radius 2 is 1.72 bits per heavy atom. The molecule has 3 N–H and O–H groups in total. The number of H-pyrrole nitrogens is 1. The Hall–Kier alpha value is -3.82. The molecule has 1 unspecified atom stereocenters. The molecule has 3 aliphatic rings. The van der Waals surface area contributed by atoms with Crippen molar-refractivity contribution >= 4 is 34.5 Å². The largest absolute Gasteiger partial charge is 0.385 e. The maximum Gasteiger partial charge on any atom is 0.262 e. The fourth-order valence-corrected chi connectivity index (χ4v) is 5.59. The first-order valence-corrected chi connectivity index (χ1v) is 12.2. The molecule has 0 spiro atoms. The Bertz CT molecular complexity index is 1420. The lowest BCUT2D eigenvalue weighted by Crippen LogP contribution is -2.54. The molecule has 0 saturated carbocycles. The molecule has 2 aromatic carbocycles. The second-order valence-corrected chi connectivity index (χ2v) is 9.91. The van der Waals surface area contributed by atoms with Crippen LogP contribution in [0.4, 0.5) is 0 Å². The lowest BCUT2D eigenvalue weighted by atomic mass is 9.83. The third kappa shape index (κ3) is 3.71. The van der Waals surface area contributed by atoms with Crippen molar-refractivity contribution in [2.24, 2.45) is 0 Å². The molecular weight excluding hydrogens is 460 g/mol. The van der Waals surface area contributed by atoms with Gasteiger partial charge in [-0.1, -0.05) is 12.1 Å². The number of rotatable bonds is 4. The molecule has 0 radical (unpaired) electrons. The SMILES string of the molecule is O=C1CCC(N2C(=O)c3ccc(C4(O)CCN(Cc5ccc6[nH]ccc6c5)CC4)cc3C2=O)C(=O)N1. The molecule has 6 rings (SSSR count). The van der Waals surface area contributed by atoms with Crippen LogP contribution < -0.4 is 5.32 Å². The number of hydrogen-bond donors (Lipinski definition) is 3. The minimum Gasteiger partial charge on any atom is -0.385 e. The molecule has 0 bridgehead atoms. The summed E-state index contributed by atoms with van der Waals surface area (Å²) in [5.41, 5.74) is 2.21. The Morgan fingerprint density at radius 3 is 2.50 bits per heavy atom. The normalized spacial score (nSPS) is 22.2. The van der Waals surface area contributed by atoms with Crippen molar-refractivity contribution in [1.29, 1.82) is 0 Å². The van der Waals surface area contributed by atoms with Crippen molar-refractivity contribution in [1.82, 2.24) is 20.1 Å². The Morgan fingerprint density at radius 1 is 0.944 bits per heavy atom. The standard InChI is InChI=1S/C27H26N4O5/c32-23-6-5-22(24(33)29-23)31-25(34)19-3-2-18(14-20(19)26(31)35)27(36)8-11-30(12-9-27)15-16-1-4-21-17(13-16)7-10-28-21/h1-4,7,10,13-14,22,28,36H,5-6,8-9,11-12,15H2,(H,29,32,33). The van der Waals surface area contributed by atoms with E-state index in [4.69, 9.17) is 0 Å². The smallest absolute Gasteiger partial charge is 0.262 e. The number of aliphatic hydroxyl groups is 1. The number of aromatic nitrogens is 1. The van der Waals surface area contributed by atoms with Crippen LogP contribution in [-0.2, 0) is 21.7 Å². The van der Waals surface area contributed by atoms with Crippen LogP contribution in [0.1, 0.15) is 57.5 Å². The van der Waals surface area contributed by atoms with Crippen LogP contribution >= 0.6 is 0 Å². The fourth-order valence-electron chi connectivity index (χ4n) is 5.59. The van der Waals surface area contributed by atoms with Crippen LogP contribution in [0.2, 0.25) is 0 Å². The van der Waals surface area contributed by atoms with E-state index in [1.807, 2.05) is 6.20 Å². The second-order valence-electron chi connectivity index (χ2n) is 9.91. The van der Waals surface area contributed by atoms with E-state index in [1.54, 1.807) is 18.2 Å². The maximum absolute atomic E-state index is 13.1. The molecular formula is C27H26N4O5. The van der Waals surface area contributed by atoms with Gasteiger partial charge in [0.2, 0.25) is 11.8 Å². The summed E-state index contributed by atoms with van der Waals surface area (Å²) in [4.78, 5) is 56.3. The van der Waals surface area contributed by atoms with Crippen molar-refractivity contribution < 1.29 is 24.3 Å². The summed E-state index contributed by atoms with van der Waals surface area (Å²) in [5, 5.41) is 14.8. The van der Waals surface area contributed by atoms with Gasteiger partial charge in [0, 0.05) is 37.8 Å². The summed E-state index contributed by atoms with van der Waals surface area (Å²) in [7, 11) is 0. The van der Waals surface area contributed by atoms with Crippen molar-refractivity contribution in [3.8, 4) is 0 Å². The third-order valence-corrected chi connectivity index (χ3v) is 7.68. The summed E-state index contributed by atoms with van der Waals surface area (Å²) in [6.07, 6.45) is 3.10.